The molecule has 7 heteroatoms. The summed E-state index contributed by atoms with van der Waals surface area (Å²) in [7, 11) is -3.20. The summed E-state index contributed by atoms with van der Waals surface area (Å²) in [6, 6.07) is 16.4. The lowest BCUT2D eigenvalue weighted by Crippen LogP contribution is -2.01. The van der Waals surface area contributed by atoms with E-state index in [9.17, 15) is 8.42 Å². The van der Waals surface area contributed by atoms with Crippen molar-refractivity contribution in [3.05, 3.63) is 60.3 Å². The fourth-order valence-electron chi connectivity index (χ4n) is 2.47. The van der Waals surface area contributed by atoms with Crippen LogP contribution in [0.1, 0.15) is 5.69 Å². The maximum absolute atomic E-state index is 11.6. The first kappa shape index (κ1) is 16.9. The fourth-order valence-corrected chi connectivity index (χ4v) is 3.10. The first-order valence-electron chi connectivity index (χ1n) is 7.60. The zero-order chi connectivity index (χ0) is 18.0. The molecule has 3 N–H and O–H groups in total. The third-order valence-corrected chi connectivity index (χ3v) is 4.75. The molecule has 0 saturated carbocycles. The number of hydrogen-bond acceptors (Lipinski definition) is 6. The molecular weight excluding hydrogens is 336 g/mol. The number of aromatic nitrogens is 2. The Labute approximate surface area is 146 Å². The molecule has 0 aliphatic carbocycles. The Balaban J connectivity index is 1.88. The van der Waals surface area contributed by atoms with Crippen molar-refractivity contribution < 1.29 is 8.42 Å². The molecule has 0 amide bonds. The normalized spacial score (nSPS) is 11.3. The molecule has 2 aromatic carbocycles. The number of aryl methyl sites for hydroxylation is 1. The predicted octanol–water partition coefficient (Wildman–Crippen LogP) is 3.18. The Morgan fingerprint density at radius 2 is 1.68 bits per heavy atom. The number of rotatable bonds is 4. The Hall–Kier alpha value is -2.93. The maximum atomic E-state index is 11.6. The lowest BCUT2D eigenvalue weighted by Gasteiger charge is -2.09. The molecule has 128 valence electrons. The molecule has 1 aromatic heterocycles. The van der Waals surface area contributed by atoms with E-state index in [2.05, 4.69) is 15.3 Å². The number of anilines is 3. The van der Waals surface area contributed by atoms with Crippen molar-refractivity contribution in [2.24, 2.45) is 0 Å². The average Bonchev–Trinajstić information content (AvgIpc) is 2.53. The van der Waals surface area contributed by atoms with Gasteiger partial charge in [0.1, 0.15) is 5.82 Å². The lowest BCUT2D eigenvalue weighted by atomic mass is 10.1. The quantitative estimate of drug-likeness (QED) is 0.747. The minimum absolute atomic E-state index is 0.218. The smallest absolute Gasteiger partial charge is 0.222 e. The van der Waals surface area contributed by atoms with Crippen LogP contribution in [-0.4, -0.2) is 24.6 Å². The number of hydrogen-bond donors (Lipinski definition) is 2. The monoisotopic (exact) mass is 354 g/mol. The molecule has 3 aromatic rings. The summed E-state index contributed by atoms with van der Waals surface area (Å²) in [5, 5.41) is 3.20. The second-order valence-electron chi connectivity index (χ2n) is 5.76. The van der Waals surface area contributed by atoms with Crippen molar-refractivity contribution >= 4 is 27.3 Å². The molecule has 1 heterocycles. The van der Waals surface area contributed by atoms with Crippen LogP contribution < -0.4 is 11.1 Å². The van der Waals surface area contributed by atoms with E-state index in [1.54, 1.807) is 24.3 Å². The zero-order valence-corrected chi connectivity index (χ0v) is 14.7. The van der Waals surface area contributed by atoms with E-state index >= 15 is 0 Å². The third kappa shape index (κ3) is 4.13. The molecule has 25 heavy (non-hydrogen) atoms. The highest BCUT2D eigenvalue weighted by Crippen LogP contribution is 2.25. The Bertz CT molecular complexity index is 995. The van der Waals surface area contributed by atoms with Gasteiger partial charge < -0.3 is 11.1 Å². The minimum Gasteiger partial charge on any atom is -0.368 e. The van der Waals surface area contributed by atoms with Crippen molar-refractivity contribution in [1.82, 2.24) is 9.97 Å². The third-order valence-electron chi connectivity index (χ3n) is 3.62. The summed E-state index contributed by atoms with van der Waals surface area (Å²) in [5.41, 5.74) is 9.19. The predicted molar refractivity (Wildman–Crippen MR) is 99.5 cm³/mol. The summed E-state index contributed by atoms with van der Waals surface area (Å²) in [4.78, 5) is 8.51. The van der Waals surface area contributed by atoms with Gasteiger partial charge in [-0.15, -0.1) is 0 Å². The first-order valence-corrected chi connectivity index (χ1v) is 9.49. The molecule has 0 aliphatic rings. The van der Waals surface area contributed by atoms with Gasteiger partial charge in [-0.3, -0.25) is 0 Å². The van der Waals surface area contributed by atoms with Gasteiger partial charge in [0.15, 0.2) is 9.84 Å². The van der Waals surface area contributed by atoms with Crippen LogP contribution >= 0.6 is 0 Å². The van der Waals surface area contributed by atoms with Crippen LogP contribution in [0, 0.1) is 6.92 Å². The largest absolute Gasteiger partial charge is 0.368 e. The van der Waals surface area contributed by atoms with Crippen LogP contribution in [0.3, 0.4) is 0 Å². The van der Waals surface area contributed by atoms with Crippen LogP contribution in [0.5, 0.6) is 0 Å². The van der Waals surface area contributed by atoms with Gasteiger partial charge in [-0.05, 0) is 42.3 Å². The van der Waals surface area contributed by atoms with E-state index < -0.39 is 9.84 Å². The Morgan fingerprint density at radius 1 is 0.960 bits per heavy atom. The molecule has 0 bridgehead atoms. The van der Waals surface area contributed by atoms with Gasteiger partial charge in [0.25, 0.3) is 0 Å². The SMILES string of the molecule is Cc1cc(Nc2cccc(-c3ccc(S(C)(=O)=O)cc3)c2)nc(N)n1. The van der Waals surface area contributed by atoms with Crippen molar-refractivity contribution in [2.45, 2.75) is 11.8 Å². The number of benzene rings is 2. The van der Waals surface area contributed by atoms with Gasteiger partial charge in [0.05, 0.1) is 4.90 Å². The van der Waals surface area contributed by atoms with E-state index in [1.807, 2.05) is 37.3 Å². The van der Waals surface area contributed by atoms with Gasteiger partial charge >= 0.3 is 0 Å². The lowest BCUT2D eigenvalue weighted by molar-refractivity contribution is 0.602. The first-order chi connectivity index (χ1) is 11.8. The second kappa shape index (κ2) is 6.52. The van der Waals surface area contributed by atoms with E-state index in [-0.39, 0.29) is 5.95 Å². The number of sulfone groups is 1. The van der Waals surface area contributed by atoms with Crippen molar-refractivity contribution in [3.63, 3.8) is 0 Å². The highest BCUT2D eigenvalue weighted by Gasteiger charge is 2.07. The van der Waals surface area contributed by atoms with Crippen LogP contribution in [0.15, 0.2) is 59.5 Å². The average molecular weight is 354 g/mol. The summed E-state index contributed by atoms with van der Waals surface area (Å²) < 4.78 is 23.1. The Morgan fingerprint density at radius 3 is 2.32 bits per heavy atom. The molecule has 0 radical (unpaired) electrons. The fraction of sp³-hybridized carbons (Fsp3) is 0.111. The van der Waals surface area contributed by atoms with E-state index in [0.29, 0.717) is 10.7 Å². The molecule has 0 aliphatic heterocycles. The van der Waals surface area contributed by atoms with Crippen molar-refractivity contribution in [1.29, 1.82) is 0 Å². The van der Waals surface area contributed by atoms with Gasteiger partial charge in [0, 0.05) is 23.7 Å². The molecular formula is C18H18N4O2S. The second-order valence-corrected chi connectivity index (χ2v) is 7.77. The molecule has 3 rings (SSSR count). The van der Waals surface area contributed by atoms with Crippen LogP contribution in [-0.2, 0) is 9.84 Å². The van der Waals surface area contributed by atoms with Crippen LogP contribution in [0.4, 0.5) is 17.5 Å². The van der Waals surface area contributed by atoms with Gasteiger partial charge in [-0.2, -0.15) is 4.98 Å². The minimum atomic E-state index is -3.20. The van der Waals surface area contributed by atoms with Crippen molar-refractivity contribution in [3.8, 4) is 11.1 Å². The molecule has 0 atom stereocenters. The van der Waals surface area contributed by atoms with Crippen LogP contribution in [0.2, 0.25) is 0 Å². The number of nitrogens with zero attached hydrogens (tertiary/aromatic N) is 2. The molecule has 0 saturated heterocycles. The van der Waals surface area contributed by atoms with E-state index in [1.165, 1.54) is 6.26 Å². The number of nitrogens with one attached hydrogen (secondary N) is 1. The highest BCUT2D eigenvalue weighted by atomic mass is 32.2. The van der Waals surface area contributed by atoms with E-state index in [4.69, 9.17) is 5.73 Å². The van der Waals surface area contributed by atoms with Gasteiger partial charge in [-0.25, -0.2) is 13.4 Å². The molecule has 0 fully saturated rings. The summed E-state index contributed by atoms with van der Waals surface area (Å²) in [6.45, 7) is 1.85. The molecule has 0 unspecified atom stereocenters. The Kier molecular flexibility index (Phi) is 4.41. The van der Waals surface area contributed by atoms with Crippen LogP contribution in [0.25, 0.3) is 11.1 Å². The molecule has 6 nitrogen and oxygen atoms in total. The summed E-state index contributed by atoms with van der Waals surface area (Å²) in [6.07, 6.45) is 1.20. The van der Waals surface area contributed by atoms with Gasteiger partial charge in [0.2, 0.25) is 5.95 Å². The topological polar surface area (TPSA) is 98.0 Å². The summed E-state index contributed by atoms with van der Waals surface area (Å²) >= 11 is 0. The maximum Gasteiger partial charge on any atom is 0.222 e. The molecule has 0 spiro atoms. The van der Waals surface area contributed by atoms with Crippen molar-refractivity contribution in [2.75, 3.05) is 17.3 Å². The standard InChI is InChI=1S/C18H18N4O2S/c1-12-10-17(22-18(19)20-12)21-15-5-3-4-14(11-15)13-6-8-16(9-7-13)25(2,23)24/h3-11H,1-2H3,(H3,19,20,21,22). The highest BCUT2D eigenvalue weighted by molar-refractivity contribution is 7.90. The number of nitrogen functional groups attached to an aromatic ring is 1. The summed E-state index contributed by atoms with van der Waals surface area (Å²) in [5.74, 6) is 0.838. The van der Waals surface area contributed by atoms with Gasteiger partial charge in [-0.1, -0.05) is 24.3 Å². The van der Waals surface area contributed by atoms with E-state index in [0.717, 1.165) is 22.5 Å². The number of nitrogens with two attached hydrogens (primary N) is 1. The zero-order valence-electron chi connectivity index (χ0n) is 13.9.